The number of fused-ring (bicyclic) bond motifs is 3. The third kappa shape index (κ3) is 27.2. The number of anilines is 1. The summed E-state index contributed by atoms with van der Waals surface area (Å²) in [4.78, 5) is 162. The summed E-state index contributed by atoms with van der Waals surface area (Å²) in [5.74, 6) is -12.1. The lowest BCUT2D eigenvalue weighted by molar-refractivity contribution is -0.265. The second kappa shape index (κ2) is 44.6. The fourth-order valence-electron chi connectivity index (χ4n) is 14.5. The summed E-state index contributed by atoms with van der Waals surface area (Å²) in [6.07, 6.45) is 11.9. The SMILES string of the molecule is CO[C@H]1C[C@@H]2CC[C@@H](C)[C@@](O)(O2)C(=O)C(=O)N2CCCC[C@H]2C(=O)O[C@H]([C@@H](C)C[C@H]2CC[C@@H](OCCOCNC(=O)OCc3ccc(NC(=O)[C@H](CCCNC(N)=O)NC(=O)[C@@H](NC(=O)CCN4C(=O)C=CC4=O)C(C)C)cc3)[C@H](OC)C2)CC(=O)[C@H](C)/C=C(\C)[C@@H](O)[C@@H](OC)C(=O)[C@H](C)C[C@H](C)/C=C/C=CC=C1C. The van der Waals surface area contributed by atoms with Gasteiger partial charge in [0.1, 0.15) is 55.6 Å². The van der Waals surface area contributed by atoms with Gasteiger partial charge in [0.2, 0.25) is 23.5 Å². The highest BCUT2D eigenvalue weighted by Gasteiger charge is 2.53. The molecule has 1 aromatic carbocycles. The van der Waals surface area contributed by atoms with Crippen LogP contribution in [0.1, 0.15) is 164 Å². The number of urea groups is 1. The number of benzene rings is 1. The largest absolute Gasteiger partial charge is 0.460 e. The highest BCUT2D eigenvalue weighted by molar-refractivity contribution is 6.39. The number of allylic oxidation sites excluding steroid dienone is 6. The Bertz CT molecular complexity index is 3470. The first-order valence-electron chi connectivity index (χ1n) is 38.4. The van der Waals surface area contributed by atoms with Crippen molar-refractivity contribution in [2.75, 3.05) is 66.2 Å². The van der Waals surface area contributed by atoms with Crippen molar-refractivity contribution in [3.8, 4) is 0 Å². The first-order valence-corrected chi connectivity index (χ1v) is 38.4. The maximum atomic E-state index is 14.8. The average molecular weight is 1540 g/mol. The van der Waals surface area contributed by atoms with Gasteiger partial charge in [-0.3, -0.25) is 53.4 Å². The van der Waals surface area contributed by atoms with Gasteiger partial charge in [0.15, 0.2) is 5.78 Å². The molecule has 610 valence electrons. The van der Waals surface area contributed by atoms with Crippen molar-refractivity contribution in [3.05, 3.63) is 89.6 Å². The van der Waals surface area contributed by atoms with Crippen molar-refractivity contribution in [2.45, 2.75) is 232 Å². The molecule has 0 aromatic heterocycles. The molecule has 17 atom stereocenters. The van der Waals surface area contributed by atoms with Crippen LogP contribution in [0.3, 0.4) is 0 Å². The van der Waals surface area contributed by atoms with Crippen molar-refractivity contribution in [2.24, 2.45) is 47.2 Å². The summed E-state index contributed by atoms with van der Waals surface area (Å²) in [7, 11) is 4.50. The minimum absolute atomic E-state index is 0.00986. The summed E-state index contributed by atoms with van der Waals surface area (Å²) >= 11 is 0. The maximum absolute atomic E-state index is 14.8. The molecule has 1 aliphatic carbocycles. The highest BCUT2D eigenvalue weighted by atomic mass is 16.6. The molecule has 4 aliphatic heterocycles. The molecule has 9 N–H and O–H groups in total. The fraction of sp³-hybridized carbons (Fsp3) is 0.650. The Balaban J connectivity index is 1.03. The van der Waals surface area contributed by atoms with Crippen LogP contribution in [0.25, 0.3) is 0 Å². The number of methoxy groups -OCH3 is 3. The number of ether oxygens (including phenoxy) is 8. The van der Waals surface area contributed by atoms with Gasteiger partial charge in [0.05, 0.1) is 37.6 Å². The van der Waals surface area contributed by atoms with Crippen LogP contribution in [-0.2, 0) is 92.4 Å². The standard InChI is InChI=1S/C80H118N8O22/c1-47(2)69(86-66(90)33-36-88-67(91)31-32-68(88)92)75(97)85-59(21-18-34-82-78(81)100)74(96)84-57-27-24-55(25-28-57)45-108-79(101)83-46-106-37-38-107-62-30-26-56(42-65(62)104-11)41-51(6)64-44-61(89)50(5)40-53(8)71(94)72(105-12)70(93)52(7)39-48(3)19-14-13-15-20-49(4)63(103-10)43-58-29-23-54(9)80(102,110-58)73(95)76(98)87-35-17-16-22-60(87)77(99)109-64/h13-15,19-20,24-25,27-28,31-32,40,47-48,50-52,54,56,58-60,62-65,69,71-72,94,102H,16-18,21-23,26,29-30,33-39,41-46H2,1-12H3,(H,83,101)(H,84,96)(H,85,97)(H,86,90)(H3,81,82,100)/b15-13?,19-14+,49-20?,53-40+/t48-,50-,51+,52-,54-,56-,58+,59+,60+,62-,63+,64+,65-,69+,71-,72+,80-/m1/s1. The van der Waals surface area contributed by atoms with Crippen molar-refractivity contribution < 1.29 is 106 Å². The molecule has 4 heterocycles. The van der Waals surface area contributed by atoms with E-state index >= 15 is 0 Å². The number of Topliss-reactive ketones (excluding diaryl/α,β-unsaturated/α-hetero) is 3. The van der Waals surface area contributed by atoms with Gasteiger partial charge >= 0.3 is 18.1 Å². The van der Waals surface area contributed by atoms with E-state index in [1.54, 1.807) is 86.1 Å². The van der Waals surface area contributed by atoms with Crippen LogP contribution in [0, 0.1) is 41.4 Å². The lowest BCUT2D eigenvalue weighted by Gasteiger charge is -2.42. The van der Waals surface area contributed by atoms with Crippen molar-refractivity contribution in [1.82, 2.24) is 31.1 Å². The number of imide groups is 1. The topological polar surface area (TPSA) is 412 Å². The number of cyclic esters (lactones) is 1. The van der Waals surface area contributed by atoms with Gasteiger partial charge in [0, 0.05) is 95.8 Å². The predicted octanol–water partition coefficient (Wildman–Crippen LogP) is 6.43. The molecule has 30 nitrogen and oxygen atoms in total. The number of alkyl carbamates (subject to hydrolysis) is 1. The van der Waals surface area contributed by atoms with E-state index in [0.717, 1.165) is 22.6 Å². The number of carbonyl (C=O) groups is 12. The summed E-state index contributed by atoms with van der Waals surface area (Å²) < 4.78 is 47.4. The first-order chi connectivity index (χ1) is 52.3. The fourth-order valence-corrected chi connectivity index (χ4v) is 14.5. The number of primary amides is 1. The van der Waals surface area contributed by atoms with E-state index in [-0.39, 0.29) is 120 Å². The summed E-state index contributed by atoms with van der Waals surface area (Å²) in [5.41, 5.74) is 7.31. The molecular weight excluding hydrogens is 1420 g/mol. The molecule has 0 radical (unpaired) electrons. The van der Waals surface area contributed by atoms with Crippen molar-refractivity contribution >= 4 is 76.6 Å². The molecule has 30 heteroatoms. The summed E-state index contributed by atoms with van der Waals surface area (Å²) in [5, 5.41) is 36.8. The molecular formula is C80H118N8O22. The van der Waals surface area contributed by atoms with Gasteiger partial charge in [0.25, 0.3) is 23.5 Å². The number of esters is 1. The Morgan fingerprint density at radius 3 is 2.17 bits per heavy atom. The van der Waals surface area contributed by atoms with E-state index in [0.29, 0.717) is 74.6 Å². The molecule has 1 saturated carbocycles. The van der Waals surface area contributed by atoms with Crippen LogP contribution >= 0.6 is 0 Å². The molecule has 1 aromatic rings. The smallest absolute Gasteiger partial charge is 0.409 e. The number of hydrogen-bond donors (Lipinski definition) is 8. The zero-order valence-corrected chi connectivity index (χ0v) is 65.8. The van der Waals surface area contributed by atoms with Gasteiger partial charge in [-0.2, -0.15) is 0 Å². The molecule has 6 rings (SSSR count). The minimum Gasteiger partial charge on any atom is -0.460 e. The number of aliphatic hydroxyl groups is 2. The molecule has 2 saturated heterocycles. The van der Waals surface area contributed by atoms with Crippen LogP contribution < -0.4 is 32.3 Å². The minimum atomic E-state index is -2.49. The average Bonchev–Trinajstić information content (AvgIpc) is 1.22. The van der Waals surface area contributed by atoms with E-state index in [4.69, 9.17) is 43.6 Å². The Labute approximate surface area is 645 Å². The quantitative estimate of drug-likeness (QED) is 0.0117. The zero-order chi connectivity index (χ0) is 80.9. The number of piperidine rings is 1. The monoisotopic (exact) mass is 1540 g/mol. The number of nitrogens with one attached hydrogen (secondary N) is 5. The number of nitrogens with two attached hydrogens (primary N) is 1. The lowest BCUT2D eigenvalue weighted by atomic mass is 9.78. The Morgan fingerprint density at radius 2 is 1.50 bits per heavy atom. The number of ketones is 3. The Morgan fingerprint density at radius 1 is 0.782 bits per heavy atom. The van der Waals surface area contributed by atoms with E-state index < -0.39 is 143 Å². The van der Waals surface area contributed by atoms with Crippen LogP contribution in [-0.4, -0.2) is 218 Å². The number of amides is 9. The van der Waals surface area contributed by atoms with Gasteiger partial charge < -0.3 is 80.0 Å². The summed E-state index contributed by atoms with van der Waals surface area (Å²) in [6.45, 7) is 15.7. The van der Waals surface area contributed by atoms with E-state index in [1.165, 1.54) is 12.0 Å². The van der Waals surface area contributed by atoms with Gasteiger partial charge in [-0.15, -0.1) is 0 Å². The molecule has 2 bridgehead atoms. The van der Waals surface area contributed by atoms with Crippen LogP contribution in [0.5, 0.6) is 0 Å². The van der Waals surface area contributed by atoms with E-state index in [9.17, 15) is 67.7 Å². The second-order valence-corrected chi connectivity index (χ2v) is 30.1. The second-order valence-electron chi connectivity index (χ2n) is 30.1. The Hall–Kier alpha value is -8.36. The molecule has 0 spiro atoms. The van der Waals surface area contributed by atoms with Crippen LogP contribution in [0.2, 0.25) is 0 Å². The van der Waals surface area contributed by atoms with Gasteiger partial charge in [-0.05, 0) is 143 Å². The number of aliphatic hydroxyl groups excluding tert-OH is 1. The summed E-state index contributed by atoms with van der Waals surface area (Å²) in [6, 6.07) is 2.16. The normalized spacial score (nSPS) is 28.9. The predicted molar refractivity (Wildman–Crippen MR) is 404 cm³/mol. The molecule has 0 unspecified atom stereocenters. The van der Waals surface area contributed by atoms with Crippen LogP contribution in [0.15, 0.2) is 84.0 Å². The van der Waals surface area contributed by atoms with E-state index in [1.807, 2.05) is 51.2 Å². The molecule has 3 fully saturated rings. The van der Waals surface area contributed by atoms with Crippen molar-refractivity contribution in [3.63, 3.8) is 0 Å². The zero-order valence-electron chi connectivity index (χ0n) is 65.8. The third-order valence-electron chi connectivity index (χ3n) is 21.3. The molecule has 9 amide bonds. The maximum Gasteiger partial charge on any atom is 0.409 e. The van der Waals surface area contributed by atoms with Gasteiger partial charge in [-0.25, -0.2) is 14.4 Å². The number of nitrogens with zero attached hydrogens (tertiary/aromatic N) is 2. The Kier molecular flexibility index (Phi) is 36.7. The van der Waals surface area contributed by atoms with Gasteiger partial charge in [-0.1, -0.05) is 97.1 Å². The first kappa shape index (κ1) is 90.5. The van der Waals surface area contributed by atoms with E-state index in [2.05, 4.69) is 26.6 Å². The number of rotatable bonds is 27. The van der Waals surface area contributed by atoms with Crippen LogP contribution in [0.4, 0.5) is 15.3 Å². The molecule has 5 aliphatic rings. The third-order valence-corrected chi connectivity index (χ3v) is 21.3. The number of carbonyl (C=O) groups excluding carboxylic acids is 12. The highest BCUT2D eigenvalue weighted by Crippen LogP contribution is 2.38. The lowest BCUT2D eigenvalue weighted by Crippen LogP contribution is -2.61. The number of hydrogen-bond acceptors (Lipinski definition) is 22. The van der Waals surface area contributed by atoms with Crippen molar-refractivity contribution in [1.29, 1.82) is 0 Å². The molecule has 110 heavy (non-hydrogen) atoms.